The second-order valence-corrected chi connectivity index (χ2v) is 6.78. The summed E-state index contributed by atoms with van der Waals surface area (Å²) in [6.45, 7) is 3.26. The molecule has 10 nitrogen and oxygen atoms in total. The van der Waals surface area contributed by atoms with Gasteiger partial charge in [-0.25, -0.2) is 5.84 Å². The molecule has 10 heteroatoms. The molecule has 0 radical (unpaired) electrons. The number of rotatable bonds is 4. The van der Waals surface area contributed by atoms with Crippen LogP contribution < -0.4 is 16.6 Å². The molecular formula is C17H22N4O6. The van der Waals surface area contributed by atoms with Gasteiger partial charge in [0.2, 0.25) is 0 Å². The number of carbonyl (C=O) groups excluding carboxylic acids is 3. The molecule has 0 saturated heterocycles. The van der Waals surface area contributed by atoms with Crippen LogP contribution in [0.3, 0.4) is 0 Å². The van der Waals surface area contributed by atoms with Crippen LogP contribution in [0.1, 0.15) is 51.0 Å². The van der Waals surface area contributed by atoms with Gasteiger partial charge in [0.05, 0.1) is 4.92 Å². The second kappa shape index (κ2) is 8.12. The molecule has 1 fully saturated rings. The molecule has 0 bridgehead atoms. The van der Waals surface area contributed by atoms with E-state index in [-0.39, 0.29) is 23.3 Å². The molecule has 1 saturated carbocycles. The molecule has 0 heterocycles. The SMILES string of the molecule is CC(=O)O[C@]1(C)CC[C@@H](c2ccc(NC(=O)C(=O)NN)c([N+](=O)[O-])c2)CC1. The quantitative estimate of drug-likeness (QED) is 0.179. The molecule has 1 aliphatic carbocycles. The van der Waals surface area contributed by atoms with Gasteiger partial charge in [0.1, 0.15) is 11.3 Å². The molecule has 0 spiro atoms. The molecule has 2 amide bonds. The maximum absolute atomic E-state index is 11.6. The van der Waals surface area contributed by atoms with Crippen LogP contribution in [0.15, 0.2) is 18.2 Å². The van der Waals surface area contributed by atoms with Crippen molar-refractivity contribution in [2.45, 2.75) is 51.0 Å². The van der Waals surface area contributed by atoms with Gasteiger partial charge in [-0.05, 0) is 50.2 Å². The lowest BCUT2D eigenvalue weighted by Gasteiger charge is -2.36. The number of nitrogens with two attached hydrogens (primary N) is 1. The van der Waals surface area contributed by atoms with Crippen LogP contribution in [-0.2, 0) is 19.1 Å². The predicted octanol–water partition coefficient (Wildman–Crippen LogP) is 1.50. The summed E-state index contributed by atoms with van der Waals surface area (Å²) in [6.07, 6.45) is 2.73. The van der Waals surface area contributed by atoms with Crippen molar-refractivity contribution in [2.24, 2.45) is 5.84 Å². The molecule has 146 valence electrons. The summed E-state index contributed by atoms with van der Waals surface area (Å²) in [5.74, 6) is 2.42. The van der Waals surface area contributed by atoms with Crippen molar-refractivity contribution in [1.82, 2.24) is 5.43 Å². The summed E-state index contributed by atoms with van der Waals surface area (Å²) in [7, 11) is 0. The van der Waals surface area contributed by atoms with Crippen LogP contribution in [0.5, 0.6) is 0 Å². The van der Waals surface area contributed by atoms with Crippen molar-refractivity contribution in [1.29, 1.82) is 0 Å². The first-order valence-corrected chi connectivity index (χ1v) is 8.45. The smallest absolute Gasteiger partial charge is 0.323 e. The first-order valence-electron chi connectivity index (χ1n) is 8.45. The van der Waals surface area contributed by atoms with E-state index in [1.165, 1.54) is 19.1 Å². The number of hydrogen-bond donors (Lipinski definition) is 3. The summed E-state index contributed by atoms with van der Waals surface area (Å²) in [5, 5.41) is 13.6. The van der Waals surface area contributed by atoms with Gasteiger partial charge in [0.15, 0.2) is 0 Å². The number of carbonyl (C=O) groups is 3. The Kier molecular flexibility index (Phi) is 6.11. The molecule has 4 N–H and O–H groups in total. The van der Waals surface area contributed by atoms with Crippen LogP contribution in [0.2, 0.25) is 0 Å². The maximum atomic E-state index is 11.6. The highest BCUT2D eigenvalue weighted by Gasteiger charge is 2.34. The van der Waals surface area contributed by atoms with Gasteiger partial charge >= 0.3 is 17.8 Å². The van der Waals surface area contributed by atoms with Gasteiger partial charge in [-0.15, -0.1) is 0 Å². The first-order chi connectivity index (χ1) is 12.6. The zero-order valence-corrected chi connectivity index (χ0v) is 15.1. The van der Waals surface area contributed by atoms with E-state index in [9.17, 15) is 24.5 Å². The molecule has 0 aliphatic heterocycles. The minimum absolute atomic E-state index is 0.0735. The zero-order chi connectivity index (χ0) is 20.2. The van der Waals surface area contributed by atoms with Crippen molar-refractivity contribution in [2.75, 3.05) is 5.32 Å². The number of nitrogens with one attached hydrogen (secondary N) is 2. The summed E-state index contributed by atoms with van der Waals surface area (Å²) in [6, 6.07) is 4.48. The van der Waals surface area contributed by atoms with E-state index in [1.54, 1.807) is 11.5 Å². The van der Waals surface area contributed by atoms with E-state index < -0.39 is 22.3 Å². The molecule has 1 aromatic rings. The largest absolute Gasteiger partial charge is 0.460 e. The molecule has 1 aromatic carbocycles. The number of hydrogen-bond acceptors (Lipinski definition) is 7. The minimum Gasteiger partial charge on any atom is -0.460 e. The van der Waals surface area contributed by atoms with Crippen molar-refractivity contribution in [3.05, 3.63) is 33.9 Å². The van der Waals surface area contributed by atoms with Crippen molar-refractivity contribution >= 4 is 29.2 Å². The van der Waals surface area contributed by atoms with E-state index in [0.29, 0.717) is 25.7 Å². The molecule has 1 aliphatic rings. The Morgan fingerprint density at radius 1 is 1.26 bits per heavy atom. The fourth-order valence-electron chi connectivity index (χ4n) is 3.31. The van der Waals surface area contributed by atoms with Gasteiger partial charge in [-0.3, -0.25) is 29.9 Å². The van der Waals surface area contributed by atoms with Crippen molar-refractivity contribution < 1.29 is 24.0 Å². The summed E-state index contributed by atoms with van der Waals surface area (Å²) in [4.78, 5) is 44.8. The van der Waals surface area contributed by atoms with E-state index in [1.807, 2.05) is 6.92 Å². The number of esters is 1. The van der Waals surface area contributed by atoms with Crippen LogP contribution in [0.25, 0.3) is 0 Å². The Bertz CT molecular complexity index is 771. The van der Waals surface area contributed by atoms with E-state index in [0.717, 1.165) is 5.56 Å². The molecule has 27 heavy (non-hydrogen) atoms. The number of hydrazine groups is 1. The summed E-state index contributed by atoms with van der Waals surface area (Å²) in [5.41, 5.74) is 1.51. The van der Waals surface area contributed by atoms with E-state index in [2.05, 4.69) is 5.32 Å². The lowest BCUT2D eigenvalue weighted by atomic mass is 9.76. The zero-order valence-electron chi connectivity index (χ0n) is 15.1. The highest BCUT2D eigenvalue weighted by atomic mass is 16.6. The third kappa shape index (κ3) is 5.00. The van der Waals surface area contributed by atoms with Crippen LogP contribution in [-0.4, -0.2) is 28.3 Å². The molecule has 0 unspecified atom stereocenters. The fourth-order valence-corrected chi connectivity index (χ4v) is 3.31. The number of nitro benzene ring substituents is 1. The Labute approximate surface area is 155 Å². The third-order valence-electron chi connectivity index (χ3n) is 4.71. The maximum Gasteiger partial charge on any atom is 0.323 e. The second-order valence-electron chi connectivity index (χ2n) is 6.78. The number of nitro groups is 1. The minimum atomic E-state index is -1.11. The van der Waals surface area contributed by atoms with E-state index >= 15 is 0 Å². The standard InChI is InChI=1S/C17H22N4O6/c1-10(22)27-17(2)7-5-11(6-8-17)12-3-4-13(14(9-12)21(25)26)19-15(23)16(24)20-18/h3-4,9,11H,5-8,18H2,1-2H3,(H,19,23)(H,20,24)/t11-,17-. The molecule has 2 rings (SSSR count). The Morgan fingerprint density at radius 3 is 2.41 bits per heavy atom. The molecule has 0 aromatic heterocycles. The number of benzene rings is 1. The number of amides is 2. The van der Waals surface area contributed by atoms with Crippen LogP contribution in [0, 0.1) is 10.1 Å². The van der Waals surface area contributed by atoms with Crippen LogP contribution in [0.4, 0.5) is 11.4 Å². The number of nitrogens with zero attached hydrogens (tertiary/aromatic N) is 1. The van der Waals surface area contributed by atoms with E-state index in [4.69, 9.17) is 10.6 Å². The average molecular weight is 378 g/mol. The predicted molar refractivity (Wildman–Crippen MR) is 95.4 cm³/mol. The Morgan fingerprint density at radius 2 is 1.89 bits per heavy atom. The Hall–Kier alpha value is -3.01. The van der Waals surface area contributed by atoms with Gasteiger partial charge in [0, 0.05) is 13.0 Å². The monoisotopic (exact) mass is 378 g/mol. The Balaban J connectivity index is 2.17. The molecular weight excluding hydrogens is 356 g/mol. The van der Waals surface area contributed by atoms with Gasteiger partial charge in [-0.1, -0.05) is 6.07 Å². The topological polar surface area (TPSA) is 154 Å². The number of ether oxygens (including phenoxy) is 1. The van der Waals surface area contributed by atoms with Crippen LogP contribution >= 0.6 is 0 Å². The summed E-state index contributed by atoms with van der Waals surface area (Å²) >= 11 is 0. The van der Waals surface area contributed by atoms with Gasteiger partial charge < -0.3 is 10.1 Å². The highest BCUT2D eigenvalue weighted by Crippen LogP contribution is 2.41. The fraction of sp³-hybridized carbons (Fsp3) is 0.471. The first kappa shape index (κ1) is 20.3. The van der Waals surface area contributed by atoms with Gasteiger partial charge in [0.25, 0.3) is 5.69 Å². The van der Waals surface area contributed by atoms with Crippen molar-refractivity contribution in [3.8, 4) is 0 Å². The lowest BCUT2D eigenvalue weighted by molar-refractivity contribution is -0.384. The molecule has 0 atom stereocenters. The number of anilines is 1. The lowest BCUT2D eigenvalue weighted by Crippen LogP contribution is -2.39. The normalized spacial score (nSPS) is 21.8. The third-order valence-corrected chi connectivity index (χ3v) is 4.71. The summed E-state index contributed by atoms with van der Waals surface area (Å²) < 4.78 is 5.38. The highest BCUT2D eigenvalue weighted by molar-refractivity contribution is 6.39. The van der Waals surface area contributed by atoms with Gasteiger partial charge in [-0.2, -0.15) is 0 Å². The van der Waals surface area contributed by atoms with Crippen molar-refractivity contribution in [3.63, 3.8) is 0 Å². The average Bonchev–Trinajstić information content (AvgIpc) is 2.60.